The fraction of sp³-hybridized carbons (Fsp3) is 0.436. The molecule has 2 aliphatic carbocycles. The van der Waals surface area contributed by atoms with Gasteiger partial charge in [0.25, 0.3) is 0 Å². The molecule has 0 bridgehead atoms. The third kappa shape index (κ3) is 13.1. The van der Waals surface area contributed by atoms with E-state index in [1.165, 1.54) is 0 Å². The van der Waals surface area contributed by atoms with Crippen molar-refractivity contribution in [3.05, 3.63) is 150 Å². The first-order valence-electron chi connectivity index (χ1n) is 24.1. The van der Waals surface area contributed by atoms with Crippen molar-refractivity contribution < 1.29 is 58.2 Å². The lowest BCUT2D eigenvalue weighted by atomic mass is 9.55. The number of nitrogens with zero attached hydrogens (tertiary/aromatic N) is 2. The molecule has 3 aliphatic rings. The van der Waals surface area contributed by atoms with Gasteiger partial charge in [0.1, 0.15) is 42.8 Å². The summed E-state index contributed by atoms with van der Waals surface area (Å²) in [7, 11) is 0. The Bertz CT molecular complexity index is 2310. The number of hydrogen-bond acceptors (Lipinski definition) is 13. The van der Waals surface area contributed by atoms with E-state index in [4.69, 9.17) is 38.4 Å². The number of benzene rings is 4. The van der Waals surface area contributed by atoms with Gasteiger partial charge in [0.15, 0.2) is 0 Å². The SMILES string of the molecule is C=CCOC12Oc3ccc(Oc4cccc(C=O)c4)cc3C3C(CCCCO)C(CCCCO)C=C(C(=NOCc4ccccc4)CC1N(CCOCCO)C(=O)OCCOCc1ccccc1)C32. The van der Waals surface area contributed by atoms with Crippen molar-refractivity contribution >= 4 is 18.1 Å². The van der Waals surface area contributed by atoms with Gasteiger partial charge in [0.05, 0.1) is 51.3 Å². The second-order valence-electron chi connectivity index (χ2n) is 17.5. The molecule has 7 rings (SSSR count). The Morgan fingerprint density at radius 1 is 0.797 bits per heavy atom. The maximum atomic E-state index is 14.8. The minimum Gasteiger partial charge on any atom is -0.459 e. The maximum Gasteiger partial charge on any atom is 0.410 e. The van der Waals surface area contributed by atoms with Crippen molar-refractivity contribution in [2.24, 2.45) is 22.9 Å². The van der Waals surface area contributed by atoms with Gasteiger partial charge in [-0.1, -0.05) is 103 Å². The zero-order valence-electron chi connectivity index (χ0n) is 39.3. The second kappa shape index (κ2) is 26.2. The smallest absolute Gasteiger partial charge is 0.410 e. The van der Waals surface area contributed by atoms with Crippen LogP contribution in [-0.4, -0.2) is 110 Å². The Kier molecular flexibility index (Phi) is 19.4. The highest BCUT2D eigenvalue weighted by molar-refractivity contribution is 6.03. The highest BCUT2D eigenvalue weighted by atomic mass is 16.7. The summed E-state index contributed by atoms with van der Waals surface area (Å²) in [6.45, 7) is 4.88. The molecule has 3 N–H and O–H groups in total. The van der Waals surface area contributed by atoms with Gasteiger partial charge in [-0.2, -0.15) is 0 Å². The number of carbonyl (C=O) groups is 2. The summed E-state index contributed by atoms with van der Waals surface area (Å²) in [5, 5.41) is 34.6. The van der Waals surface area contributed by atoms with E-state index in [1.807, 2.05) is 78.9 Å². The Morgan fingerprint density at radius 2 is 1.54 bits per heavy atom. The number of aliphatic hydroxyl groups excluding tert-OH is 3. The molecular weight excluding hydrogens is 881 g/mol. The van der Waals surface area contributed by atoms with Gasteiger partial charge in [0, 0.05) is 43.2 Å². The molecule has 4 aromatic carbocycles. The van der Waals surface area contributed by atoms with Gasteiger partial charge in [-0.25, -0.2) is 4.79 Å². The van der Waals surface area contributed by atoms with E-state index >= 15 is 0 Å². The molecule has 6 unspecified atom stereocenters. The van der Waals surface area contributed by atoms with E-state index in [9.17, 15) is 24.9 Å². The minimum atomic E-state index is -1.55. The van der Waals surface area contributed by atoms with Gasteiger partial charge in [-0.05, 0) is 84.6 Å². The zero-order valence-corrected chi connectivity index (χ0v) is 39.3. The number of allylic oxidation sites excluding steroid dienone is 1. The van der Waals surface area contributed by atoms with E-state index in [0.717, 1.165) is 54.2 Å². The second-order valence-corrected chi connectivity index (χ2v) is 17.5. The Balaban J connectivity index is 1.37. The molecule has 0 saturated heterocycles. The number of hydrogen-bond donors (Lipinski definition) is 3. The summed E-state index contributed by atoms with van der Waals surface area (Å²) >= 11 is 0. The number of fused-ring (bicyclic) bond motifs is 2. The average molecular weight is 947 g/mol. The van der Waals surface area contributed by atoms with Crippen LogP contribution in [0.25, 0.3) is 0 Å². The molecule has 0 aromatic heterocycles. The summed E-state index contributed by atoms with van der Waals surface area (Å²) < 4.78 is 38.7. The number of aliphatic hydroxyl groups is 3. The highest BCUT2D eigenvalue weighted by Gasteiger charge is 2.65. The predicted octanol–water partition coefficient (Wildman–Crippen LogP) is 8.79. The van der Waals surface area contributed by atoms with E-state index in [1.54, 1.807) is 35.2 Å². The fourth-order valence-electron chi connectivity index (χ4n) is 10.00. The first-order chi connectivity index (χ1) is 33.9. The van der Waals surface area contributed by atoms with Crippen LogP contribution in [0.2, 0.25) is 0 Å². The van der Waals surface area contributed by atoms with Gasteiger partial charge < -0.3 is 48.6 Å². The van der Waals surface area contributed by atoms with Crippen LogP contribution < -0.4 is 9.47 Å². The monoisotopic (exact) mass is 946 g/mol. The first kappa shape index (κ1) is 51.0. The predicted molar refractivity (Wildman–Crippen MR) is 260 cm³/mol. The summed E-state index contributed by atoms with van der Waals surface area (Å²) in [4.78, 5) is 34.3. The van der Waals surface area contributed by atoms with E-state index in [0.29, 0.717) is 48.0 Å². The van der Waals surface area contributed by atoms with Crippen LogP contribution in [0.1, 0.15) is 77.9 Å². The summed E-state index contributed by atoms with van der Waals surface area (Å²) in [6, 6.07) is 31.3. The van der Waals surface area contributed by atoms with Crippen LogP contribution in [0.3, 0.4) is 0 Å². The van der Waals surface area contributed by atoms with E-state index < -0.39 is 23.8 Å². The first-order valence-corrected chi connectivity index (χ1v) is 24.1. The van der Waals surface area contributed by atoms with Crippen LogP contribution >= 0.6 is 0 Å². The quantitative estimate of drug-likeness (QED) is 0.0214. The number of oxime groups is 1. The van der Waals surface area contributed by atoms with Crippen LogP contribution in [0, 0.1) is 17.8 Å². The lowest BCUT2D eigenvalue weighted by Crippen LogP contribution is -2.70. The third-order valence-electron chi connectivity index (χ3n) is 13.0. The molecule has 6 atom stereocenters. The largest absolute Gasteiger partial charge is 0.459 e. The number of aldehydes is 1. The lowest BCUT2D eigenvalue weighted by Gasteiger charge is -2.59. The summed E-state index contributed by atoms with van der Waals surface area (Å²) in [6.07, 6.45) is 8.50. The molecule has 14 heteroatoms. The molecule has 1 heterocycles. The maximum absolute atomic E-state index is 14.8. The van der Waals surface area contributed by atoms with Crippen molar-refractivity contribution in [3.8, 4) is 17.2 Å². The Morgan fingerprint density at radius 3 is 2.26 bits per heavy atom. The van der Waals surface area contributed by atoms with Crippen molar-refractivity contribution in [1.82, 2.24) is 4.90 Å². The van der Waals surface area contributed by atoms with Crippen molar-refractivity contribution in [2.75, 3.05) is 59.4 Å². The number of amides is 1. The highest BCUT2D eigenvalue weighted by Crippen LogP contribution is 2.62. The zero-order chi connectivity index (χ0) is 48.3. The number of carbonyl (C=O) groups excluding carboxylic acids is 2. The van der Waals surface area contributed by atoms with E-state index in [2.05, 4.69) is 12.7 Å². The fourth-order valence-corrected chi connectivity index (χ4v) is 10.00. The number of ether oxygens (including phenoxy) is 6. The summed E-state index contributed by atoms with van der Waals surface area (Å²) in [5.74, 6) is -0.920. The molecule has 1 fully saturated rings. The molecule has 0 spiro atoms. The van der Waals surface area contributed by atoms with Crippen LogP contribution in [-0.2, 0) is 37.0 Å². The Hall–Kier alpha value is -5.87. The molecule has 4 aromatic rings. The standard InChI is InChI=1S/C55H66N2O12/c1-2-28-66-55-51(57(24-29-63-30-27-60)54(62)65-32-31-64-38-40-14-5-3-6-15-40)36-49(56-67-39-41-16-7-4-8-17-41)47-34-43(19-9-11-25-58)46(21-10-12-26-59)52(53(47)55)48-35-45(22-23-50(48)69-55)68-44-20-13-18-42(33-44)37-61/h2-8,13-18,20,22-23,33-35,37,43,46,51-53,58-60H,1,9-12,19,21,24-32,36,38-39H2. The van der Waals surface area contributed by atoms with E-state index in [-0.39, 0.29) is 90.2 Å². The number of unbranched alkanes of at least 4 members (excludes halogenated alkanes) is 2. The van der Waals surface area contributed by atoms with Crippen molar-refractivity contribution in [3.63, 3.8) is 0 Å². The topological polar surface area (TPSA) is 175 Å². The third-order valence-corrected chi connectivity index (χ3v) is 13.0. The van der Waals surface area contributed by atoms with Crippen molar-refractivity contribution in [1.29, 1.82) is 0 Å². The van der Waals surface area contributed by atoms with Gasteiger partial charge in [-0.3, -0.25) is 9.69 Å². The van der Waals surface area contributed by atoms with Crippen LogP contribution in [0.5, 0.6) is 17.2 Å². The van der Waals surface area contributed by atoms with Gasteiger partial charge in [0.2, 0.25) is 5.79 Å². The van der Waals surface area contributed by atoms with Gasteiger partial charge in [-0.15, -0.1) is 6.58 Å². The molecule has 69 heavy (non-hydrogen) atoms. The molecule has 1 aliphatic heterocycles. The minimum absolute atomic E-state index is 0.00287. The van der Waals surface area contributed by atoms with Gasteiger partial charge >= 0.3 is 6.09 Å². The van der Waals surface area contributed by atoms with Crippen LogP contribution in [0.4, 0.5) is 4.79 Å². The molecule has 14 nitrogen and oxygen atoms in total. The molecule has 368 valence electrons. The Labute approximate surface area is 405 Å². The molecule has 1 saturated carbocycles. The van der Waals surface area contributed by atoms with Crippen molar-refractivity contribution in [2.45, 2.75) is 75.9 Å². The van der Waals surface area contributed by atoms with Crippen LogP contribution in [0.15, 0.2) is 133 Å². The molecule has 0 radical (unpaired) electrons. The lowest BCUT2D eigenvalue weighted by molar-refractivity contribution is -0.256. The average Bonchev–Trinajstić information content (AvgIpc) is 3.37. The summed E-state index contributed by atoms with van der Waals surface area (Å²) in [5.41, 5.74) is 4.77. The number of rotatable bonds is 28. The molecular formula is C55H66N2O12. The normalized spacial score (nSPS) is 21.8. The molecule has 1 amide bonds.